The molecule has 2 rings (SSSR count). The van der Waals surface area contributed by atoms with Gasteiger partial charge in [0, 0.05) is 19.3 Å². The predicted octanol–water partition coefficient (Wildman–Crippen LogP) is 2.94. The quantitative estimate of drug-likeness (QED) is 0.631. The number of nitriles is 1. The van der Waals surface area contributed by atoms with Crippen molar-refractivity contribution >= 4 is 17.2 Å². The normalized spacial score (nSPS) is 9.85. The van der Waals surface area contributed by atoms with Gasteiger partial charge in [0.25, 0.3) is 0 Å². The summed E-state index contributed by atoms with van der Waals surface area (Å²) in [6.07, 6.45) is 1.56. The summed E-state index contributed by atoms with van der Waals surface area (Å²) in [6, 6.07) is 10.4. The summed E-state index contributed by atoms with van der Waals surface area (Å²) in [5.41, 5.74) is 1.64. The molecule has 20 heavy (non-hydrogen) atoms. The van der Waals surface area contributed by atoms with E-state index in [1.165, 1.54) is 6.07 Å². The first kappa shape index (κ1) is 13.5. The number of nitrogens with zero attached hydrogens (tertiary/aromatic N) is 4. The average Bonchev–Trinajstić information content (AvgIpc) is 2.46. The van der Waals surface area contributed by atoms with Gasteiger partial charge in [-0.05, 0) is 24.6 Å². The lowest BCUT2D eigenvalue weighted by Gasteiger charge is -2.19. The molecular weight excluding hydrogens is 256 g/mol. The van der Waals surface area contributed by atoms with Crippen molar-refractivity contribution in [1.29, 1.82) is 5.26 Å². The molecule has 0 amide bonds. The van der Waals surface area contributed by atoms with E-state index in [0.717, 1.165) is 0 Å². The summed E-state index contributed by atoms with van der Waals surface area (Å²) in [5.74, 6) is 0.211. The number of rotatable bonds is 3. The highest BCUT2D eigenvalue weighted by Crippen LogP contribution is 2.32. The Labute approximate surface area is 116 Å². The summed E-state index contributed by atoms with van der Waals surface area (Å²) in [6.45, 7) is 1.74. The largest absolute Gasteiger partial charge is 0.323 e. The number of nitro groups is 1. The van der Waals surface area contributed by atoms with Crippen LogP contribution in [-0.4, -0.2) is 17.0 Å². The Bertz CT molecular complexity index is 707. The van der Waals surface area contributed by atoms with Crippen LogP contribution in [0.4, 0.5) is 17.2 Å². The minimum Gasteiger partial charge on any atom is -0.323 e. The number of para-hydroxylation sites is 1. The average molecular weight is 268 g/mol. The summed E-state index contributed by atoms with van der Waals surface area (Å²) < 4.78 is 0. The fourth-order valence-electron chi connectivity index (χ4n) is 1.91. The first-order valence-corrected chi connectivity index (χ1v) is 5.88. The monoisotopic (exact) mass is 268 g/mol. The summed E-state index contributed by atoms with van der Waals surface area (Å²) in [7, 11) is 1.65. The van der Waals surface area contributed by atoms with E-state index in [4.69, 9.17) is 5.26 Å². The van der Waals surface area contributed by atoms with E-state index in [0.29, 0.717) is 16.8 Å². The lowest BCUT2D eigenvalue weighted by molar-refractivity contribution is -0.384. The zero-order chi connectivity index (χ0) is 14.7. The maximum Gasteiger partial charge on any atom is 0.312 e. The predicted molar refractivity (Wildman–Crippen MR) is 74.8 cm³/mol. The Kier molecular flexibility index (Phi) is 3.62. The highest BCUT2D eigenvalue weighted by Gasteiger charge is 2.21. The van der Waals surface area contributed by atoms with Gasteiger partial charge in [-0.2, -0.15) is 5.26 Å². The maximum atomic E-state index is 11.1. The van der Waals surface area contributed by atoms with Crippen LogP contribution in [0.3, 0.4) is 0 Å². The molecule has 1 aromatic heterocycles. The van der Waals surface area contributed by atoms with Gasteiger partial charge >= 0.3 is 5.69 Å². The zero-order valence-corrected chi connectivity index (χ0v) is 11.1. The number of benzene rings is 1. The minimum atomic E-state index is -0.471. The van der Waals surface area contributed by atoms with Crippen molar-refractivity contribution in [2.45, 2.75) is 6.92 Å². The Morgan fingerprint density at radius 2 is 2.10 bits per heavy atom. The van der Waals surface area contributed by atoms with Crippen molar-refractivity contribution in [2.75, 3.05) is 11.9 Å². The van der Waals surface area contributed by atoms with Crippen LogP contribution in [0.1, 0.15) is 11.1 Å². The first-order valence-electron chi connectivity index (χ1n) is 5.88. The topological polar surface area (TPSA) is 83.1 Å². The van der Waals surface area contributed by atoms with Crippen LogP contribution in [0.15, 0.2) is 36.5 Å². The van der Waals surface area contributed by atoms with E-state index in [2.05, 4.69) is 11.1 Å². The molecule has 0 saturated heterocycles. The van der Waals surface area contributed by atoms with Gasteiger partial charge in [0.15, 0.2) is 0 Å². The second kappa shape index (κ2) is 5.36. The van der Waals surface area contributed by atoms with Gasteiger partial charge in [-0.3, -0.25) is 10.1 Å². The molecule has 2 aromatic rings. The van der Waals surface area contributed by atoms with Crippen molar-refractivity contribution in [1.82, 2.24) is 4.98 Å². The van der Waals surface area contributed by atoms with Crippen molar-refractivity contribution < 1.29 is 4.92 Å². The maximum absolute atomic E-state index is 11.1. The molecule has 100 valence electrons. The van der Waals surface area contributed by atoms with Crippen molar-refractivity contribution in [3.8, 4) is 6.07 Å². The highest BCUT2D eigenvalue weighted by atomic mass is 16.6. The van der Waals surface area contributed by atoms with Crippen LogP contribution in [0, 0.1) is 28.4 Å². The fourth-order valence-corrected chi connectivity index (χ4v) is 1.91. The number of anilines is 2. The number of hydrogen-bond acceptors (Lipinski definition) is 5. The molecule has 0 aliphatic rings. The standard InChI is InChI=1S/C14H12N4O2/c1-10-7-13(18(19)20)14(16-9-10)17(2)12-6-4-3-5-11(12)8-15/h3-7,9H,1-2H3. The summed E-state index contributed by atoms with van der Waals surface area (Å²) >= 11 is 0. The van der Waals surface area contributed by atoms with Gasteiger partial charge < -0.3 is 4.90 Å². The molecule has 0 radical (unpaired) electrons. The van der Waals surface area contributed by atoms with E-state index in [-0.39, 0.29) is 11.5 Å². The van der Waals surface area contributed by atoms with E-state index >= 15 is 0 Å². The smallest absolute Gasteiger partial charge is 0.312 e. The lowest BCUT2D eigenvalue weighted by Crippen LogP contribution is -2.14. The van der Waals surface area contributed by atoms with Gasteiger partial charge in [-0.1, -0.05) is 12.1 Å². The Morgan fingerprint density at radius 3 is 2.75 bits per heavy atom. The Balaban J connectivity index is 2.57. The first-order chi connectivity index (χ1) is 9.54. The van der Waals surface area contributed by atoms with E-state index < -0.39 is 4.92 Å². The van der Waals surface area contributed by atoms with Crippen molar-refractivity contribution in [2.24, 2.45) is 0 Å². The Morgan fingerprint density at radius 1 is 1.40 bits per heavy atom. The Hall–Kier alpha value is -2.94. The van der Waals surface area contributed by atoms with Crippen LogP contribution < -0.4 is 4.90 Å². The summed E-state index contributed by atoms with van der Waals surface area (Å²) in [4.78, 5) is 16.3. The molecule has 1 aromatic carbocycles. The number of aryl methyl sites for hydroxylation is 1. The molecule has 0 aliphatic carbocycles. The van der Waals surface area contributed by atoms with Gasteiger partial charge in [0.2, 0.25) is 5.82 Å². The van der Waals surface area contributed by atoms with Gasteiger partial charge in [0.05, 0.1) is 16.2 Å². The highest BCUT2D eigenvalue weighted by molar-refractivity contribution is 5.72. The number of aromatic nitrogens is 1. The van der Waals surface area contributed by atoms with Gasteiger partial charge in [0.1, 0.15) is 6.07 Å². The molecule has 0 aliphatic heterocycles. The molecule has 6 heteroatoms. The molecule has 0 saturated carbocycles. The van der Waals surface area contributed by atoms with Crippen LogP contribution in [0.5, 0.6) is 0 Å². The molecule has 0 bridgehead atoms. The summed E-state index contributed by atoms with van der Waals surface area (Å²) in [5, 5.41) is 20.2. The molecule has 1 heterocycles. The molecule has 0 unspecified atom stereocenters. The molecule has 0 spiro atoms. The van der Waals surface area contributed by atoms with Crippen molar-refractivity contribution in [3.63, 3.8) is 0 Å². The molecule has 0 fully saturated rings. The molecule has 0 N–H and O–H groups in total. The van der Waals surface area contributed by atoms with Crippen LogP contribution in [-0.2, 0) is 0 Å². The van der Waals surface area contributed by atoms with Gasteiger partial charge in [-0.15, -0.1) is 0 Å². The van der Waals surface area contributed by atoms with E-state index in [9.17, 15) is 10.1 Å². The third-order valence-corrected chi connectivity index (χ3v) is 2.88. The van der Waals surface area contributed by atoms with E-state index in [1.54, 1.807) is 49.3 Å². The number of hydrogen-bond donors (Lipinski definition) is 0. The second-order valence-corrected chi connectivity index (χ2v) is 4.30. The van der Waals surface area contributed by atoms with Crippen LogP contribution in [0.25, 0.3) is 0 Å². The van der Waals surface area contributed by atoms with Crippen LogP contribution in [0.2, 0.25) is 0 Å². The lowest BCUT2D eigenvalue weighted by atomic mass is 10.1. The van der Waals surface area contributed by atoms with E-state index in [1.807, 2.05) is 0 Å². The zero-order valence-electron chi connectivity index (χ0n) is 11.1. The molecule has 6 nitrogen and oxygen atoms in total. The number of pyridine rings is 1. The fraction of sp³-hybridized carbons (Fsp3) is 0.143. The second-order valence-electron chi connectivity index (χ2n) is 4.30. The van der Waals surface area contributed by atoms with Crippen LogP contribution >= 0.6 is 0 Å². The third-order valence-electron chi connectivity index (χ3n) is 2.88. The van der Waals surface area contributed by atoms with Gasteiger partial charge in [-0.25, -0.2) is 4.98 Å². The molecule has 0 atom stereocenters. The third kappa shape index (κ3) is 2.42. The minimum absolute atomic E-state index is 0.0831. The SMILES string of the molecule is Cc1cnc(N(C)c2ccccc2C#N)c([N+](=O)[O-])c1. The molecular formula is C14H12N4O2. The van der Waals surface area contributed by atoms with Crippen molar-refractivity contribution in [3.05, 3.63) is 57.8 Å².